The van der Waals surface area contributed by atoms with Crippen LogP contribution >= 0.6 is 0 Å². The Morgan fingerprint density at radius 2 is 1.79 bits per heavy atom. The Balaban J connectivity index is 1.64. The summed E-state index contributed by atoms with van der Waals surface area (Å²) in [7, 11) is 0. The highest BCUT2D eigenvalue weighted by Crippen LogP contribution is 2.27. The number of unbranched alkanes of at least 4 members (excludes halogenated alkanes) is 1. The number of nitrogens with one attached hydrogen (secondary N) is 1. The predicted octanol–water partition coefficient (Wildman–Crippen LogP) is 3.81. The third-order valence-corrected chi connectivity index (χ3v) is 5.25. The summed E-state index contributed by atoms with van der Waals surface area (Å²) in [5.74, 6) is 0.996. The monoisotopic (exact) mass is 266 g/mol. The summed E-state index contributed by atoms with van der Waals surface area (Å²) < 4.78 is 0. The molecule has 0 spiro atoms. The Labute approximate surface area is 120 Å². The van der Waals surface area contributed by atoms with E-state index in [0.717, 1.165) is 18.0 Å². The molecule has 1 saturated carbocycles. The van der Waals surface area contributed by atoms with Crippen LogP contribution in [0.4, 0.5) is 0 Å². The molecule has 1 aliphatic carbocycles. The second-order valence-corrected chi connectivity index (χ2v) is 6.77. The Bertz CT molecular complexity index is 233. The van der Waals surface area contributed by atoms with Crippen LogP contribution in [0, 0.1) is 5.92 Å². The first-order chi connectivity index (χ1) is 9.31. The van der Waals surface area contributed by atoms with Gasteiger partial charge in [0.2, 0.25) is 0 Å². The fraction of sp³-hybridized carbons (Fsp3) is 1.00. The average molecular weight is 266 g/mol. The van der Waals surface area contributed by atoms with E-state index in [1.165, 1.54) is 77.4 Å². The lowest BCUT2D eigenvalue weighted by Crippen LogP contribution is -2.47. The van der Waals surface area contributed by atoms with Crippen LogP contribution in [0.2, 0.25) is 0 Å². The summed E-state index contributed by atoms with van der Waals surface area (Å²) in [5.41, 5.74) is 0. The van der Waals surface area contributed by atoms with Gasteiger partial charge >= 0.3 is 0 Å². The lowest BCUT2D eigenvalue weighted by molar-refractivity contribution is 0.174. The van der Waals surface area contributed by atoms with Gasteiger partial charge in [-0.3, -0.25) is 0 Å². The third-order valence-electron chi connectivity index (χ3n) is 5.25. The van der Waals surface area contributed by atoms with Crippen LogP contribution in [-0.2, 0) is 0 Å². The number of piperidine rings is 1. The zero-order chi connectivity index (χ0) is 13.5. The van der Waals surface area contributed by atoms with Crippen molar-refractivity contribution in [2.75, 3.05) is 19.6 Å². The van der Waals surface area contributed by atoms with E-state index in [1.54, 1.807) is 0 Å². The smallest absolute Gasteiger partial charge is 0.00940 e. The van der Waals surface area contributed by atoms with Crippen molar-refractivity contribution >= 4 is 0 Å². The fourth-order valence-corrected chi connectivity index (χ4v) is 3.85. The minimum atomic E-state index is 0.804. The van der Waals surface area contributed by atoms with Crippen molar-refractivity contribution in [3.63, 3.8) is 0 Å². The van der Waals surface area contributed by atoms with Gasteiger partial charge in [-0.25, -0.2) is 0 Å². The molecule has 0 radical (unpaired) electrons. The van der Waals surface area contributed by atoms with E-state index < -0.39 is 0 Å². The van der Waals surface area contributed by atoms with Crippen LogP contribution in [0.25, 0.3) is 0 Å². The predicted molar refractivity (Wildman–Crippen MR) is 83.5 cm³/mol. The Morgan fingerprint density at radius 3 is 2.47 bits per heavy atom. The Kier molecular flexibility index (Phi) is 6.66. The Morgan fingerprint density at radius 1 is 1.00 bits per heavy atom. The number of hydrogen-bond donors (Lipinski definition) is 1. The molecule has 1 heterocycles. The van der Waals surface area contributed by atoms with Gasteiger partial charge in [-0.2, -0.15) is 0 Å². The highest BCUT2D eigenvalue weighted by Gasteiger charge is 2.25. The molecule has 2 heteroatoms. The first kappa shape index (κ1) is 15.3. The van der Waals surface area contributed by atoms with Gasteiger partial charge in [0.05, 0.1) is 0 Å². The largest absolute Gasteiger partial charge is 0.311 e. The lowest BCUT2D eigenvalue weighted by Gasteiger charge is -2.37. The van der Waals surface area contributed by atoms with Gasteiger partial charge in [-0.1, -0.05) is 39.5 Å². The first-order valence-electron chi connectivity index (χ1n) is 8.80. The van der Waals surface area contributed by atoms with Gasteiger partial charge in [-0.15, -0.1) is 0 Å². The van der Waals surface area contributed by atoms with E-state index in [2.05, 4.69) is 24.1 Å². The normalized spacial score (nSPS) is 30.6. The minimum Gasteiger partial charge on any atom is -0.311 e. The molecule has 1 N–H and O–H groups in total. The van der Waals surface area contributed by atoms with E-state index in [0.29, 0.717) is 0 Å². The van der Waals surface area contributed by atoms with Crippen molar-refractivity contribution < 1.29 is 0 Å². The van der Waals surface area contributed by atoms with E-state index in [4.69, 9.17) is 0 Å². The molecule has 2 aliphatic rings. The topological polar surface area (TPSA) is 15.3 Å². The van der Waals surface area contributed by atoms with Gasteiger partial charge in [0.25, 0.3) is 0 Å². The van der Waals surface area contributed by atoms with Crippen LogP contribution in [0.1, 0.15) is 71.6 Å². The third kappa shape index (κ3) is 5.07. The number of likely N-dealkylation sites (tertiary alicyclic amines) is 1. The molecule has 0 amide bonds. The van der Waals surface area contributed by atoms with Crippen molar-refractivity contribution in [3.8, 4) is 0 Å². The molecule has 2 atom stereocenters. The number of hydrogen-bond acceptors (Lipinski definition) is 2. The summed E-state index contributed by atoms with van der Waals surface area (Å²) in [6.45, 7) is 8.62. The van der Waals surface area contributed by atoms with E-state index >= 15 is 0 Å². The number of nitrogens with zero attached hydrogens (tertiary/aromatic N) is 1. The summed E-state index contributed by atoms with van der Waals surface area (Å²) >= 11 is 0. The molecule has 1 saturated heterocycles. The second-order valence-electron chi connectivity index (χ2n) is 6.77. The second kappa shape index (κ2) is 8.26. The number of rotatable bonds is 6. The summed E-state index contributed by atoms with van der Waals surface area (Å²) in [5, 5.41) is 3.97. The molecular formula is C17H34N2. The summed E-state index contributed by atoms with van der Waals surface area (Å²) in [6, 6.07) is 1.63. The van der Waals surface area contributed by atoms with Crippen LogP contribution in [0.3, 0.4) is 0 Å². The molecule has 19 heavy (non-hydrogen) atoms. The molecular weight excluding hydrogens is 232 g/mol. The maximum atomic E-state index is 3.97. The molecule has 2 unspecified atom stereocenters. The lowest BCUT2D eigenvalue weighted by atomic mass is 9.83. The standard InChI is InChI=1S/C17H34N2/c1-3-5-11-19-12-9-16(10-13-19)18-17-8-6-7-15(4-2)14-17/h15-18H,3-14H2,1-2H3. The maximum Gasteiger partial charge on any atom is 0.00940 e. The maximum absolute atomic E-state index is 3.97. The Hall–Kier alpha value is -0.0800. The molecule has 112 valence electrons. The molecule has 0 bridgehead atoms. The van der Waals surface area contributed by atoms with Crippen molar-refractivity contribution in [1.29, 1.82) is 0 Å². The van der Waals surface area contributed by atoms with Crippen LogP contribution < -0.4 is 5.32 Å². The van der Waals surface area contributed by atoms with Crippen molar-refractivity contribution in [2.24, 2.45) is 5.92 Å². The van der Waals surface area contributed by atoms with Gasteiger partial charge in [0.15, 0.2) is 0 Å². The van der Waals surface area contributed by atoms with Crippen molar-refractivity contribution in [3.05, 3.63) is 0 Å². The average Bonchev–Trinajstić information content (AvgIpc) is 2.47. The van der Waals surface area contributed by atoms with Crippen molar-refractivity contribution in [2.45, 2.75) is 83.7 Å². The van der Waals surface area contributed by atoms with E-state index in [1.807, 2.05) is 0 Å². The zero-order valence-electron chi connectivity index (χ0n) is 13.2. The molecule has 2 rings (SSSR count). The molecule has 2 nitrogen and oxygen atoms in total. The minimum absolute atomic E-state index is 0.804. The van der Waals surface area contributed by atoms with Crippen LogP contribution in [-0.4, -0.2) is 36.6 Å². The van der Waals surface area contributed by atoms with Crippen LogP contribution in [0.15, 0.2) is 0 Å². The van der Waals surface area contributed by atoms with E-state index in [9.17, 15) is 0 Å². The van der Waals surface area contributed by atoms with Gasteiger partial charge < -0.3 is 10.2 Å². The fourth-order valence-electron chi connectivity index (χ4n) is 3.85. The highest BCUT2D eigenvalue weighted by atomic mass is 15.1. The molecule has 0 aromatic rings. The molecule has 2 fully saturated rings. The summed E-state index contributed by atoms with van der Waals surface area (Å²) in [4.78, 5) is 2.66. The van der Waals surface area contributed by atoms with E-state index in [-0.39, 0.29) is 0 Å². The quantitative estimate of drug-likeness (QED) is 0.786. The van der Waals surface area contributed by atoms with Gasteiger partial charge in [0.1, 0.15) is 0 Å². The van der Waals surface area contributed by atoms with Gasteiger partial charge in [0, 0.05) is 12.1 Å². The SMILES string of the molecule is CCCCN1CCC(NC2CCCC(CC)C2)CC1. The molecule has 1 aliphatic heterocycles. The van der Waals surface area contributed by atoms with Crippen LogP contribution in [0.5, 0.6) is 0 Å². The summed E-state index contributed by atoms with van der Waals surface area (Å²) in [6.07, 6.45) is 12.6. The zero-order valence-corrected chi connectivity index (χ0v) is 13.2. The highest BCUT2D eigenvalue weighted by molar-refractivity contribution is 4.84. The molecule has 0 aromatic carbocycles. The molecule has 0 aromatic heterocycles. The van der Waals surface area contributed by atoms with Gasteiger partial charge in [-0.05, 0) is 57.7 Å². The van der Waals surface area contributed by atoms with Crippen molar-refractivity contribution in [1.82, 2.24) is 10.2 Å². The first-order valence-corrected chi connectivity index (χ1v) is 8.80.